The summed E-state index contributed by atoms with van der Waals surface area (Å²) in [6.07, 6.45) is 2.43. The second kappa shape index (κ2) is 7.52. The fourth-order valence-corrected chi connectivity index (χ4v) is 4.21. The van der Waals surface area contributed by atoms with Gasteiger partial charge in [-0.25, -0.2) is 8.42 Å². The molecule has 2 aromatic rings. The molecule has 1 aliphatic heterocycles. The number of amides is 1. The van der Waals surface area contributed by atoms with Crippen LogP contribution >= 0.6 is 0 Å². The Morgan fingerprint density at radius 1 is 1.07 bits per heavy atom. The topological polar surface area (TPSA) is 83.6 Å². The molecule has 7 heteroatoms. The van der Waals surface area contributed by atoms with Crippen molar-refractivity contribution in [1.82, 2.24) is 0 Å². The molecular formula is C20H22N2O4S. The number of anilines is 2. The van der Waals surface area contributed by atoms with Crippen molar-refractivity contribution >= 4 is 33.1 Å². The highest BCUT2D eigenvalue weighted by atomic mass is 32.2. The Balaban J connectivity index is 1.81. The number of nitrogens with one attached hydrogen (secondary N) is 1. The Morgan fingerprint density at radius 2 is 1.78 bits per heavy atom. The molecule has 0 spiro atoms. The molecule has 0 atom stereocenters. The molecule has 1 N–H and O–H groups in total. The van der Waals surface area contributed by atoms with Gasteiger partial charge in [0.1, 0.15) is 0 Å². The summed E-state index contributed by atoms with van der Waals surface area (Å²) in [5.41, 5.74) is 2.53. The minimum Gasteiger partial charge on any atom is -0.312 e. The second-order valence-corrected chi connectivity index (χ2v) is 8.37. The molecule has 1 amide bonds. The fourth-order valence-electron chi connectivity index (χ4n) is 3.17. The smallest absolute Gasteiger partial charge is 0.261 e. The maximum atomic E-state index is 12.6. The third-order valence-corrected chi connectivity index (χ3v) is 6.03. The van der Waals surface area contributed by atoms with Crippen LogP contribution in [0.1, 0.15) is 42.1 Å². The van der Waals surface area contributed by atoms with Crippen molar-refractivity contribution in [2.24, 2.45) is 0 Å². The van der Waals surface area contributed by atoms with E-state index in [0.29, 0.717) is 24.2 Å². The van der Waals surface area contributed by atoms with Crippen LogP contribution in [0.5, 0.6) is 0 Å². The van der Waals surface area contributed by atoms with Gasteiger partial charge in [0.2, 0.25) is 5.91 Å². The van der Waals surface area contributed by atoms with Gasteiger partial charge in [-0.15, -0.1) is 0 Å². The summed E-state index contributed by atoms with van der Waals surface area (Å²) in [6.45, 7) is 3.98. The monoisotopic (exact) mass is 386 g/mol. The summed E-state index contributed by atoms with van der Waals surface area (Å²) < 4.78 is 27.7. The number of hydrogen-bond donors (Lipinski definition) is 1. The average Bonchev–Trinajstić information content (AvgIpc) is 2.62. The molecule has 1 saturated heterocycles. The number of aryl methyl sites for hydroxylation is 1. The Hall–Kier alpha value is -2.67. The number of rotatable bonds is 5. The van der Waals surface area contributed by atoms with Crippen molar-refractivity contribution in [1.29, 1.82) is 0 Å². The number of benzene rings is 2. The van der Waals surface area contributed by atoms with Gasteiger partial charge in [-0.1, -0.05) is 12.1 Å². The summed E-state index contributed by atoms with van der Waals surface area (Å²) in [5, 5.41) is 0. The van der Waals surface area contributed by atoms with Crippen LogP contribution in [0.2, 0.25) is 0 Å². The van der Waals surface area contributed by atoms with Gasteiger partial charge in [0.05, 0.1) is 4.90 Å². The summed E-state index contributed by atoms with van der Waals surface area (Å²) in [6, 6.07) is 11.0. The van der Waals surface area contributed by atoms with E-state index in [0.717, 1.165) is 24.1 Å². The predicted molar refractivity (Wildman–Crippen MR) is 105 cm³/mol. The highest BCUT2D eigenvalue weighted by Crippen LogP contribution is 2.28. The lowest BCUT2D eigenvalue weighted by Crippen LogP contribution is -2.35. The van der Waals surface area contributed by atoms with Crippen LogP contribution in [0.15, 0.2) is 47.4 Å². The van der Waals surface area contributed by atoms with Crippen molar-refractivity contribution in [3.8, 4) is 0 Å². The van der Waals surface area contributed by atoms with Gasteiger partial charge >= 0.3 is 0 Å². The van der Waals surface area contributed by atoms with E-state index in [9.17, 15) is 18.0 Å². The number of nitrogens with zero attached hydrogens (tertiary/aromatic N) is 1. The third kappa shape index (κ3) is 4.19. The number of hydrogen-bond acceptors (Lipinski definition) is 4. The summed E-state index contributed by atoms with van der Waals surface area (Å²) in [5.74, 6) is -0.0198. The SMILES string of the molecule is CC(=O)c1ccc(S(=O)(=O)Nc2ccc(N3CCCCC3=O)c(C)c2)cc1. The van der Waals surface area contributed by atoms with Crippen LogP contribution in [0.4, 0.5) is 11.4 Å². The number of carbonyl (C=O) groups excluding carboxylic acids is 2. The molecule has 142 valence electrons. The first-order chi connectivity index (χ1) is 12.8. The Kier molecular flexibility index (Phi) is 5.32. The number of sulfonamides is 1. The summed E-state index contributed by atoms with van der Waals surface area (Å²) >= 11 is 0. The van der Waals surface area contributed by atoms with E-state index in [1.807, 2.05) is 6.92 Å². The minimum absolute atomic E-state index is 0.0837. The third-order valence-electron chi connectivity index (χ3n) is 4.63. The normalized spacial score (nSPS) is 14.9. The minimum atomic E-state index is -3.76. The molecular weight excluding hydrogens is 364 g/mol. The molecule has 0 unspecified atom stereocenters. The first-order valence-corrected chi connectivity index (χ1v) is 10.3. The number of piperidine rings is 1. The molecule has 0 bridgehead atoms. The molecule has 1 heterocycles. The molecule has 27 heavy (non-hydrogen) atoms. The maximum Gasteiger partial charge on any atom is 0.261 e. The lowest BCUT2D eigenvalue weighted by molar-refractivity contribution is -0.119. The van der Waals surface area contributed by atoms with Gasteiger partial charge in [0.25, 0.3) is 10.0 Å². The number of Topliss-reactive ketones (excluding diaryl/α,β-unsaturated/α-hetero) is 1. The molecule has 1 aliphatic rings. The van der Waals surface area contributed by atoms with E-state index in [1.54, 1.807) is 23.1 Å². The van der Waals surface area contributed by atoms with Crippen molar-refractivity contribution in [2.75, 3.05) is 16.2 Å². The molecule has 0 saturated carbocycles. The Bertz CT molecular complexity index is 982. The molecule has 0 aromatic heterocycles. The van der Waals surface area contributed by atoms with E-state index in [2.05, 4.69) is 4.72 Å². The van der Waals surface area contributed by atoms with Crippen LogP contribution in [-0.2, 0) is 14.8 Å². The van der Waals surface area contributed by atoms with Crippen molar-refractivity contribution < 1.29 is 18.0 Å². The zero-order valence-corrected chi connectivity index (χ0v) is 16.2. The fraction of sp³-hybridized carbons (Fsp3) is 0.300. The van der Waals surface area contributed by atoms with Crippen molar-refractivity contribution in [2.45, 2.75) is 38.0 Å². The van der Waals surface area contributed by atoms with Gasteiger partial charge in [0.15, 0.2) is 5.78 Å². The quantitative estimate of drug-likeness (QED) is 0.797. The highest BCUT2D eigenvalue weighted by Gasteiger charge is 2.21. The highest BCUT2D eigenvalue weighted by molar-refractivity contribution is 7.92. The van der Waals surface area contributed by atoms with E-state index in [1.165, 1.54) is 31.2 Å². The van der Waals surface area contributed by atoms with Gasteiger partial charge in [0, 0.05) is 29.9 Å². The van der Waals surface area contributed by atoms with Crippen LogP contribution < -0.4 is 9.62 Å². The van der Waals surface area contributed by atoms with Crippen LogP contribution in [-0.4, -0.2) is 26.7 Å². The maximum absolute atomic E-state index is 12.6. The Morgan fingerprint density at radius 3 is 2.37 bits per heavy atom. The van der Waals surface area contributed by atoms with Crippen LogP contribution in [0, 0.1) is 6.92 Å². The average molecular weight is 386 g/mol. The van der Waals surface area contributed by atoms with Gasteiger partial charge < -0.3 is 4.90 Å². The van der Waals surface area contributed by atoms with Crippen LogP contribution in [0.3, 0.4) is 0 Å². The molecule has 6 nitrogen and oxygen atoms in total. The second-order valence-electron chi connectivity index (χ2n) is 6.69. The zero-order valence-electron chi connectivity index (χ0n) is 15.4. The van der Waals surface area contributed by atoms with E-state index in [4.69, 9.17) is 0 Å². The number of carbonyl (C=O) groups is 2. The zero-order chi connectivity index (χ0) is 19.6. The largest absolute Gasteiger partial charge is 0.312 e. The molecule has 1 fully saturated rings. The van der Waals surface area contributed by atoms with E-state index in [-0.39, 0.29) is 16.6 Å². The van der Waals surface area contributed by atoms with Crippen LogP contribution in [0.25, 0.3) is 0 Å². The standard InChI is InChI=1S/C20H22N2O4S/c1-14-13-17(8-11-19(14)22-12-4-3-5-20(22)24)21-27(25,26)18-9-6-16(7-10-18)15(2)23/h6-11,13,21H,3-5,12H2,1-2H3. The summed E-state index contributed by atoms with van der Waals surface area (Å²) in [4.78, 5) is 25.3. The van der Waals surface area contributed by atoms with Crippen molar-refractivity contribution in [3.05, 3.63) is 53.6 Å². The lowest BCUT2D eigenvalue weighted by Gasteiger charge is -2.28. The first kappa shape index (κ1) is 19.1. The Labute approximate surface area is 159 Å². The van der Waals surface area contributed by atoms with Gasteiger partial charge in [-0.05, 0) is 62.6 Å². The molecule has 0 aliphatic carbocycles. The molecule has 3 rings (SSSR count). The summed E-state index contributed by atoms with van der Waals surface area (Å²) in [7, 11) is -3.76. The van der Waals surface area contributed by atoms with E-state index >= 15 is 0 Å². The molecule has 2 aromatic carbocycles. The lowest BCUT2D eigenvalue weighted by atomic mass is 10.1. The van der Waals surface area contributed by atoms with Gasteiger partial charge in [-0.2, -0.15) is 0 Å². The predicted octanol–water partition coefficient (Wildman–Crippen LogP) is 3.52. The van der Waals surface area contributed by atoms with Crippen molar-refractivity contribution in [3.63, 3.8) is 0 Å². The first-order valence-electron chi connectivity index (χ1n) is 8.83. The molecule has 0 radical (unpaired) electrons. The van der Waals surface area contributed by atoms with Gasteiger partial charge in [-0.3, -0.25) is 14.3 Å². The number of ketones is 1. The van der Waals surface area contributed by atoms with E-state index < -0.39 is 10.0 Å².